The summed E-state index contributed by atoms with van der Waals surface area (Å²) in [6, 6.07) is 14.5. The Hall–Kier alpha value is -2.33. The van der Waals surface area contributed by atoms with Gasteiger partial charge in [0, 0.05) is 5.39 Å². The number of fused-ring (bicyclic) bond motifs is 1. The molecule has 0 aliphatic rings. The van der Waals surface area contributed by atoms with Crippen LogP contribution in [0, 0.1) is 5.82 Å². The van der Waals surface area contributed by atoms with Crippen molar-refractivity contribution in [3.63, 3.8) is 0 Å². The molecule has 0 radical (unpaired) electrons. The Morgan fingerprint density at radius 2 is 2.00 bits per heavy atom. The van der Waals surface area contributed by atoms with Gasteiger partial charge in [0.25, 0.3) is 0 Å². The fraction of sp³-hybridized carbons (Fsp3) is 0.176. The Morgan fingerprint density at radius 3 is 2.81 bits per heavy atom. The first kappa shape index (κ1) is 13.6. The molecular formula is C17H16FNO2. The summed E-state index contributed by atoms with van der Waals surface area (Å²) in [6.07, 6.45) is 1.29. The molecule has 0 saturated heterocycles. The van der Waals surface area contributed by atoms with Gasteiger partial charge < -0.3 is 9.15 Å². The standard InChI is InChI=1S/C17H16FNO2/c1-12(19-11-14-6-4-10-20-14)21-16-9-8-13-5-2-3-7-15(13)17(16)18/h2-10,12,19H,11H2,1H3. The molecule has 3 rings (SSSR count). The molecule has 4 heteroatoms. The van der Waals surface area contributed by atoms with Crippen molar-refractivity contribution in [1.82, 2.24) is 5.32 Å². The summed E-state index contributed by atoms with van der Waals surface area (Å²) in [5.74, 6) is 0.720. The molecule has 108 valence electrons. The van der Waals surface area contributed by atoms with Crippen LogP contribution in [-0.2, 0) is 6.54 Å². The van der Waals surface area contributed by atoms with Crippen molar-refractivity contribution in [3.05, 3.63) is 66.4 Å². The van der Waals surface area contributed by atoms with Crippen LogP contribution in [0.1, 0.15) is 12.7 Å². The first-order valence-corrected chi connectivity index (χ1v) is 6.84. The van der Waals surface area contributed by atoms with Crippen molar-refractivity contribution in [2.75, 3.05) is 0 Å². The largest absolute Gasteiger partial charge is 0.473 e. The van der Waals surface area contributed by atoms with E-state index in [1.165, 1.54) is 0 Å². The molecule has 0 amide bonds. The number of halogens is 1. The van der Waals surface area contributed by atoms with Gasteiger partial charge in [0.2, 0.25) is 0 Å². The second-order valence-electron chi connectivity index (χ2n) is 4.82. The average Bonchev–Trinajstić information content (AvgIpc) is 3.02. The highest BCUT2D eigenvalue weighted by molar-refractivity contribution is 5.84. The van der Waals surface area contributed by atoms with Crippen LogP contribution in [0.15, 0.2) is 59.2 Å². The topological polar surface area (TPSA) is 34.4 Å². The van der Waals surface area contributed by atoms with Crippen LogP contribution in [0.3, 0.4) is 0 Å². The summed E-state index contributed by atoms with van der Waals surface area (Å²) in [5, 5.41) is 4.55. The molecule has 1 atom stereocenters. The van der Waals surface area contributed by atoms with Crippen LogP contribution < -0.4 is 10.1 Å². The van der Waals surface area contributed by atoms with Crippen LogP contribution in [-0.4, -0.2) is 6.23 Å². The van der Waals surface area contributed by atoms with Crippen LogP contribution in [0.2, 0.25) is 0 Å². The van der Waals surface area contributed by atoms with Gasteiger partial charge >= 0.3 is 0 Å². The van der Waals surface area contributed by atoms with E-state index in [9.17, 15) is 4.39 Å². The fourth-order valence-corrected chi connectivity index (χ4v) is 2.19. The summed E-state index contributed by atoms with van der Waals surface area (Å²) in [6.45, 7) is 2.36. The van der Waals surface area contributed by atoms with Crippen molar-refractivity contribution >= 4 is 10.8 Å². The molecule has 1 aromatic heterocycles. The molecule has 21 heavy (non-hydrogen) atoms. The van der Waals surface area contributed by atoms with Crippen LogP contribution in [0.25, 0.3) is 10.8 Å². The van der Waals surface area contributed by atoms with Gasteiger partial charge in [-0.2, -0.15) is 0 Å². The van der Waals surface area contributed by atoms with Gasteiger partial charge in [-0.3, -0.25) is 5.32 Å². The normalized spacial score (nSPS) is 12.5. The summed E-state index contributed by atoms with van der Waals surface area (Å²) in [4.78, 5) is 0. The second kappa shape index (κ2) is 5.97. The minimum atomic E-state index is -0.334. The first-order valence-electron chi connectivity index (χ1n) is 6.84. The molecule has 0 aliphatic heterocycles. The number of hydrogen-bond donors (Lipinski definition) is 1. The number of rotatable bonds is 5. The highest BCUT2D eigenvalue weighted by Gasteiger charge is 2.11. The maximum Gasteiger partial charge on any atom is 0.172 e. The van der Waals surface area contributed by atoms with Crippen molar-refractivity contribution in [2.45, 2.75) is 19.7 Å². The maximum atomic E-state index is 14.4. The predicted octanol–water partition coefficient (Wildman–Crippen LogP) is 4.09. The van der Waals surface area contributed by atoms with E-state index < -0.39 is 0 Å². The molecule has 0 fully saturated rings. The Bertz CT molecular complexity index is 725. The van der Waals surface area contributed by atoms with E-state index in [1.54, 1.807) is 18.4 Å². The number of hydrogen-bond acceptors (Lipinski definition) is 3. The quantitative estimate of drug-likeness (QED) is 0.717. The highest BCUT2D eigenvalue weighted by atomic mass is 19.1. The maximum absolute atomic E-state index is 14.4. The SMILES string of the molecule is CC(NCc1ccco1)Oc1ccc2ccccc2c1F. The Morgan fingerprint density at radius 1 is 1.14 bits per heavy atom. The minimum absolute atomic E-state index is 0.244. The van der Waals surface area contributed by atoms with Gasteiger partial charge in [-0.1, -0.05) is 30.3 Å². The van der Waals surface area contributed by atoms with Crippen molar-refractivity contribution in [3.8, 4) is 5.75 Å². The predicted molar refractivity (Wildman–Crippen MR) is 79.5 cm³/mol. The molecule has 0 saturated carbocycles. The smallest absolute Gasteiger partial charge is 0.172 e. The van der Waals surface area contributed by atoms with E-state index in [-0.39, 0.29) is 17.8 Å². The molecule has 2 aromatic carbocycles. The van der Waals surface area contributed by atoms with Crippen molar-refractivity contribution in [1.29, 1.82) is 0 Å². The third kappa shape index (κ3) is 3.06. The van der Waals surface area contributed by atoms with Gasteiger partial charge in [0.05, 0.1) is 12.8 Å². The van der Waals surface area contributed by atoms with E-state index in [2.05, 4.69) is 5.32 Å². The lowest BCUT2D eigenvalue weighted by molar-refractivity contribution is 0.170. The van der Waals surface area contributed by atoms with Gasteiger partial charge in [0.15, 0.2) is 11.6 Å². The molecular weight excluding hydrogens is 269 g/mol. The zero-order valence-corrected chi connectivity index (χ0v) is 11.7. The molecule has 1 unspecified atom stereocenters. The van der Waals surface area contributed by atoms with Crippen molar-refractivity contribution in [2.24, 2.45) is 0 Å². The molecule has 3 nitrogen and oxygen atoms in total. The first-order chi connectivity index (χ1) is 10.2. The van der Waals surface area contributed by atoms with E-state index in [0.29, 0.717) is 11.9 Å². The lowest BCUT2D eigenvalue weighted by atomic mass is 10.1. The number of ether oxygens (including phenoxy) is 1. The van der Waals surface area contributed by atoms with E-state index in [4.69, 9.17) is 9.15 Å². The van der Waals surface area contributed by atoms with Crippen LogP contribution in [0.4, 0.5) is 4.39 Å². The lowest BCUT2D eigenvalue weighted by Gasteiger charge is -2.16. The monoisotopic (exact) mass is 285 g/mol. The number of furan rings is 1. The van der Waals surface area contributed by atoms with Crippen LogP contribution in [0.5, 0.6) is 5.75 Å². The minimum Gasteiger partial charge on any atom is -0.473 e. The molecule has 0 bridgehead atoms. The van der Waals surface area contributed by atoms with E-state index in [1.807, 2.05) is 43.3 Å². The summed E-state index contributed by atoms with van der Waals surface area (Å²) in [5.41, 5.74) is 0. The average molecular weight is 285 g/mol. The molecule has 1 N–H and O–H groups in total. The van der Waals surface area contributed by atoms with Crippen LogP contribution >= 0.6 is 0 Å². The lowest BCUT2D eigenvalue weighted by Crippen LogP contribution is -2.31. The van der Waals surface area contributed by atoms with Gasteiger partial charge in [-0.05, 0) is 30.5 Å². The second-order valence-corrected chi connectivity index (χ2v) is 4.82. The molecule has 1 heterocycles. The third-order valence-electron chi connectivity index (χ3n) is 3.28. The molecule has 3 aromatic rings. The summed E-state index contributed by atoms with van der Waals surface area (Å²) < 4.78 is 25.2. The van der Waals surface area contributed by atoms with Gasteiger partial charge in [-0.15, -0.1) is 0 Å². The Kier molecular flexibility index (Phi) is 3.88. The van der Waals surface area contributed by atoms with Gasteiger partial charge in [-0.25, -0.2) is 4.39 Å². The van der Waals surface area contributed by atoms with E-state index >= 15 is 0 Å². The van der Waals surface area contributed by atoms with E-state index in [0.717, 1.165) is 11.1 Å². The Balaban J connectivity index is 1.70. The summed E-state index contributed by atoms with van der Waals surface area (Å²) in [7, 11) is 0. The van der Waals surface area contributed by atoms with Gasteiger partial charge in [0.1, 0.15) is 12.0 Å². The third-order valence-corrected chi connectivity index (χ3v) is 3.28. The molecule has 0 spiro atoms. The van der Waals surface area contributed by atoms with Crippen molar-refractivity contribution < 1.29 is 13.5 Å². The highest BCUT2D eigenvalue weighted by Crippen LogP contribution is 2.26. The number of benzene rings is 2. The fourth-order valence-electron chi connectivity index (χ4n) is 2.19. The summed E-state index contributed by atoms with van der Waals surface area (Å²) >= 11 is 0. The number of nitrogens with one attached hydrogen (secondary N) is 1. The Labute approximate surface area is 122 Å². The molecule has 0 aliphatic carbocycles. The zero-order valence-electron chi connectivity index (χ0n) is 11.7. The zero-order chi connectivity index (χ0) is 14.7.